The average molecular weight is 220 g/mol. The van der Waals surface area contributed by atoms with E-state index >= 15 is 0 Å². The second-order valence-electron chi connectivity index (χ2n) is 4.70. The number of hydrogen-bond donors (Lipinski definition) is 0. The van der Waals surface area contributed by atoms with E-state index in [0.717, 1.165) is 12.0 Å². The molecule has 0 bridgehead atoms. The quantitative estimate of drug-likeness (QED) is 0.723. The third-order valence-electron chi connectivity index (χ3n) is 2.99. The van der Waals surface area contributed by atoms with E-state index in [1.54, 1.807) is 0 Å². The van der Waals surface area contributed by atoms with E-state index in [2.05, 4.69) is 0 Å². The predicted molar refractivity (Wildman–Crippen MR) is 65.0 cm³/mol. The van der Waals surface area contributed by atoms with E-state index in [1.807, 2.05) is 58.0 Å². The molecule has 0 spiro atoms. The summed E-state index contributed by atoms with van der Waals surface area (Å²) < 4.78 is 5.45. The molecule has 1 aromatic rings. The minimum absolute atomic E-state index is 0.133. The van der Waals surface area contributed by atoms with Crippen molar-refractivity contribution in [2.75, 3.05) is 0 Å². The Bertz CT molecular complexity index is 341. The van der Waals surface area contributed by atoms with Gasteiger partial charge in [0.1, 0.15) is 6.10 Å². The first-order chi connectivity index (χ1) is 7.47. The van der Waals surface area contributed by atoms with E-state index in [1.165, 1.54) is 0 Å². The van der Waals surface area contributed by atoms with Gasteiger partial charge in [-0.05, 0) is 32.8 Å². The number of carbonyl (C=O) groups excluding carboxylic acids is 1. The second-order valence-corrected chi connectivity index (χ2v) is 4.70. The Morgan fingerprint density at radius 2 is 1.88 bits per heavy atom. The standard InChI is InChI=1S/C14H20O2/c1-5-14(3,4)13(15)16-11(2)12-9-7-6-8-10-12/h6-11H,5H2,1-4H3. The maximum absolute atomic E-state index is 11.9. The number of carbonyl (C=O) groups is 1. The lowest BCUT2D eigenvalue weighted by molar-refractivity contribution is -0.159. The molecule has 0 fully saturated rings. The van der Waals surface area contributed by atoms with E-state index in [9.17, 15) is 4.79 Å². The number of ether oxygens (including phenoxy) is 1. The molecule has 0 aliphatic heterocycles. The molecule has 2 heteroatoms. The van der Waals surface area contributed by atoms with Crippen LogP contribution in [0.5, 0.6) is 0 Å². The molecule has 1 atom stereocenters. The van der Waals surface area contributed by atoms with Crippen molar-refractivity contribution in [2.45, 2.75) is 40.2 Å². The van der Waals surface area contributed by atoms with E-state index < -0.39 is 5.41 Å². The van der Waals surface area contributed by atoms with Gasteiger partial charge in [-0.3, -0.25) is 4.79 Å². The van der Waals surface area contributed by atoms with Gasteiger partial charge in [-0.1, -0.05) is 37.3 Å². The average Bonchev–Trinajstić information content (AvgIpc) is 2.30. The van der Waals surface area contributed by atoms with Crippen LogP contribution in [0.4, 0.5) is 0 Å². The molecule has 0 heterocycles. The zero-order chi connectivity index (χ0) is 12.2. The van der Waals surface area contributed by atoms with Gasteiger partial charge < -0.3 is 4.74 Å². The lowest BCUT2D eigenvalue weighted by Gasteiger charge is -2.23. The molecule has 1 aromatic carbocycles. The minimum Gasteiger partial charge on any atom is -0.457 e. The second kappa shape index (κ2) is 5.15. The van der Waals surface area contributed by atoms with Crippen molar-refractivity contribution in [1.82, 2.24) is 0 Å². The molecule has 0 aromatic heterocycles. The van der Waals surface area contributed by atoms with Crippen molar-refractivity contribution < 1.29 is 9.53 Å². The van der Waals surface area contributed by atoms with E-state index in [0.29, 0.717) is 0 Å². The molecular formula is C14H20O2. The highest BCUT2D eigenvalue weighted by Gasteiger charge is 2.28. The molecule has 88 valence electrons. The van der Waals surface area contributed by atoms with Gasteiger partial charge in [-0.15, -0.1) is 0 Å². The van der Waals surface area contributed by atoms with Crippen molar-refractivity contribution in [3.8, 4) is 0 Å². The van der Waals surface area contributed by atoms with Crippen LogP contribution in [0.15, 0.2) is 30.3 Å². The Labute approximate surface area is 97.6 Å². The van der Waals surface area contributed by atoms with Crippen LogP contribution in [0.2, 0.25) is 0 Å². The van der Waals surface area contributed by atoms with Crippen molar-refractivity contribution in [2.24, 2.45) is 5.41 Å². The summed E-state index contributed by atoms with van der Waals surface area (Å²) in [5.74, 6) is -0.133. The summed E-state index contributed by atoms with van der Waals surface area (Å²) in [6.45, 7) is 7.72. The number of benzene rings is 1. The zero-order valence-electron chi connectivity index (χ0n) is 10.5. The lowest BCUT2D eigenvalue weighted by Crippen LogP contribution is -2.26. The number of rotatable bonds is 4. The first kappa shape index (κ1) is 12.8. The highest BCUT2D eigenvalue weighted by molar-refractivity contribution is 5.76. The van der Waals surface area contributed by atoms with Crippen molar-refractivity contribution >= 4 is 5.97 Å². The Morgan fingerprint density at radius 3 is 2.38 bits per heavy atom. The topological polar surface area (TPSA) is 26.3 Å². The van der Waals surface area contributed by atoms with Crippen LogP contribution < -0.4 is 0 Å². The largest absolute Gasteiger partial charge is 0.457 e. The molecular weight excluding hydrogens is 200 g/mol. The van der Waals surface area contributed by atoms with E-state index in [-0.39, 0.29) is 12.1 Å². The van der Waals surface area contributed by atoms with Gasteiger partial charge >= 0.3 is 5.97 Å². The Hall–Kier alpha value is -1.31. The SMILES string of the molecule is CCC(C)(C)C(=O)OC(C)c1ccccc1. The Balaban J connectivity index is 2.66. The van der Waals surface area contributed by atoms with Crippen LogP contribution in [0, 0.1) is 5.41 Å². The van der Waals surface area contributed by atoms with E-state index in [4.69, 9.17) is 4.74 Å². The summed E-state index contributed by atoms with van der Waals surface area (Å²) in [6.07, 6.45) is 0.604. The fourth-order valence-electron chi connectivity index (χ4n) is 1.26. The van der Waals surface area contributed by atoms with Crippen LogP contribution in [0.1, 0.15) is 45.8 Å². The number of hydrogen-bond acceptors (Lipinski definition) is 2. The van der Waals surface area contributed by atoms with Gasteiger partial charge in [0, 0.05) is 0 Å². The summed E-state index contributed by atoms with van der Waals surface area (Å²) in [4.78, 5) is 11.9. The third kappa shape index (κ3) is 3.09. The van der Waals surface area contributed by atoms with Gasteiger partial charge in [-0.25, -0.2) is 0 Å². The predicted octanol–water partition coefficient (Wildman–Crippen LogP) is 3.73. The fraction of sp³-hybridized carbons (Fsp3) is 0.500. The van der Waals surface area contributed by atoms with Gasteiger partial charge in [0.05, 0.1) is 5.41 Å². The molecule has 1 rings (SSSR count). The molecule has 0 amide bonds. The Morgan fingerprint density at radius 1 is 1.31 bits per heavy atom. The van der Waals surface area contributed by atoms with Gasteiger partial charge in [0.15, 0.2) is 0 Å². The normalized spacial score (nSPS) is 13.2. The Kier molecular flexibility index (Phi) is 4.11. The smallest absolute Gasteiger partial charge is 0.312 e. The molecule has 0 N–H and O–H groups in total. The molecule has 0 saturated heterocycles. The first-order valence-corrected chi connectivity index (χ1v) is 5.73. The molecule has 0 radical (unpaired) electrons. The van der Waals surface area contributed by atoms with Crippen molar-refractivity contribution in [3.05, 3.63) is 35.9 Å². The summed E-state index contributed by atoms with van der Waals surface area (Å²) in [7, 11) is 0. The van der Waals surface area contributed by atoms with Gasteiger partial charge in [0.25, 0.3) is 0 Å². The zero-order valence-corrected chi connectivity index (χ0v) is 10.5. The molecule has 0 aliphatic rings. The van der Waals surface area contributed by atoms with Gasteiger partial charge in [-0.2, -0.15) is 0 Å². The fourth-order valence-corrected chi connectivity index (χ4v) is 1.26. The minimum atomic E-state index is -0.400. The summed E-state index contributed by atoms with van der Waals surface area (Å²) in [5, 5.41) is 0. The first-order valence-electron chi connectivity index (χ1n) is 5.73. The highest BCUT2D eigenvalue weighted by Crippen LogP contribution is 2.26. The van der Waals surface area contributed by atoms with Crippen molar-refractivity contribution in [1.29, 1.82) is 0 Å². The van der Waals surface area contributed by atoms with Gasteiger partial charge in [0.2, 0.25) is 0 Å². The summed E-state index contributed by atoms with van der Waals surface area (Å²) in [6, 6.07) is 9.79. The molecule has 1 unspecified atom stereocenters. The number of esters is 1. The van der Waals surface area contributed by atoms with Crippen LogP contribution >= 0.6 is 0 Å². The third-order valence-corrected chi connectivity index (χ3v) is 2.99. The maximum Gasteiger partial charge on any atom is 0.312 e. The summed E-state index contributed by atoms with van der Waals surface area (Å²) in [5.41, 5.74) is 0.631. The van der Waals surface area contributed by atoms with Crippen LogP contribution in [-0.2, 0) is 9.53 Å². The lowest BCUT2D eigenvalue weighted by atomic mass is 9.90. The van der Waals surface area contributed by atoms with Crippen LogP contribution in [-0.4, -0.2) is 5.97 Å². The molecule has 0 aliphatic carbocycles. The molecule has 2 nitrogen and oxygen atoms in total. The van der Waals surface area contributed by atoms with Crippen LogP contribution in [0.25, 0.3) is 0 Å². The monoisotopic (exact) mass is 220 g/mol. The highest BCUT2D eigenvalue weighted by atomic mass is 16.5. The maximum atomic E-state index is 11.9. The molecule has 0 saturated carbocycles. The van der Waals surface area contributed by atoms with Crippen LogP contribution in [0.3, 0.4) is 0 Å². The van der Waals surface area contributed by atoms with Crippen molar-refractivity contribution in [3.63, 3.8) is 0 Å². The molecule has 16 heavy (non-hydrogen) atoms. The summed E-state index contributed by atoms with van der Waals surface area (Å²) >= 11 is 0.